The Morgan fingerprint density at radius 3 is 2.13 bits per heavy atom. The third kappa shape index (κ3) is 3.59. The van der Waals surface area contributed by atoms with Gasteiger partial charge >= 0.3 is 16.1 Å². The average molecular weight is 230 g/mol. The molecule has 0 aliphatic heterocycles. The van der Waals surface area contributed by atoms with Gasteiger partial charge in [-0.25, -0.2) is 4.79 Å². The van der Waals surface area contributed by atoms with Crippen molar-refractivity contribution in [2.45, 2.75) is 0 Å². The van der Waals surface area contributed by atoms with Crippen LogP contribution in [0.15, 0.2) is 24.3 Å². The molecule has 0 aromatic heterocycles. The van der Waals surface area contributed by atoms with Crippen LogP contribution in [-0.2, 0) is 14.9 Å². The molecule has 5 nitrogen and oxygen atoms in total. The van der Waals surface area contributed by atoms with Gasteiger partial charge in [0.2, 0.25) is 0 Å². The van der Waals surface area contributed by atoms with E-state index < -0.39 is 16.1 Å². The summed E-state index contributed by atoms with van der Waals surface area (Å²) >= 11 is 0. The topological polar surface area (TPSA) is 69.7 Å². The van der Waals surface area contributed by atoms with E-state index in [0.717, 1.165) is 6.26 Å². The van der Waals surface area contributed by atoms with Crippen molar-refractivity contribution in [3.63, 3.8) is 0 Å². The van der Waals surface area contributed by atoms with Crippen LogP contribution in [0.4, 0.5) is 0 Å². The highest BCUT2D eigenvalue weighted by Gasteiger charge is 2.07. The molecule has 0 spiro atoms. The number of rotatable bonds is 3. The largest absolute Gasteiger partial charge is 0.465 e. The van der Waals surface area contributed by atoms with Crippen LogP contribution in [-0.4, -0.2) is 27.8 Å². The van der Waals surface area contributed by atoms with E-state index in [4.69, 9.17) is 0 Å². The van der Waals surface area contributed by atoms with E-state index in [1.165, 1.54) is 31.4 Å². The van der Waals surface area contributed by atoms with Gasteiger partial charge < -0.3 is 8.92 Å². The van der Waals surface area contributed by atoms with Gasteiger partial charge in [0.25, 0.3) is 0 Å². The molecule has 0 heterocycles. The lowest BCUT2D eigenvalue weighted by atomic mass is 10.2. The number of benzene rings is 1. The molecule has 0 aliphatic rings. The smallest absolute Gasteiger partial charge is 0.337 e. The standard InChI is InChI=1S/C9H10O5S/c1-13-9(10)7-3-5-8(6-4-7)14-15(2,11)12/h3-6H,1-2H3. The molecule has 0 N–H and O–H groups in total. The summed E-state index contributed by atoms with van der Waals surface area (Å²) in [5, 5.41) is 0. The predicted octanol–water partition coefficient (Wildman–Crippen LogP) is 0.812. The van der Waals surface area contributed by atoms with E-state index in [-0.39, 0.29) is 5.75 Å². The summed E-state index contributed by atoms with van der Waals surface area (Å²) in [7, 11) is -2.26. The lowest BCUT2D eigenvalue weighted by Crippen LogP contribution is -2.06. The highest BCUT2D eigenvalue weighted by molar-refractivity contribution is 7.86. The summed E-state index contributed by atoms with van der Waals surface area (Å²) in [6, 6.07) is 5.61. The van der Waals surface area contributed by atoms with Gasteiger partial charge in [-0.2, -0.15) is 8.42 Å². The zero-order valence-electron chi connectivity index (χ0n) is 8.26. The van der Waals surface area contributed by atoms with Gasteiger partial charge in [-0.1, -0.05) is 0 Å². The monoisotopic (exact) mass is 230 g/mol. The first-order valence-electron chi connectivity index (χ1n) is 4.00. The van der Waals surface area contributed by atoms with E-state index in [9.17, 15) is 13.2 Å². The number of hydrogen-bond donors (Lipinski definition) is 0. The second-order valence-corrected chi connectivity index (χ2v) is 4.38. The van der Waals surface area contributed by atoms with Crippen LogP contribution in [0, 0.1) is 0 Å². The first-order valence-corrected chi connectivity index (χ1v) is 5.82. The molecule has 0 unspecified atom stereocenters. The molecule has 0 saturated heterocycles. The van der Waals surface area contributed by atoms with E-state index in [0.29, 0.717) is 5.56 Å². The van der Waals surface area contributed by atoms with Crippen LogP contribution >= 0.6 is 0 Å². The molecular formula is C9H10O5S. The van der Waals surface area contributed by atoms with Crippen molar-refractivity contribution in [1.82, 2.24) is 0 Å². The van der Waals surface area contributed by atoms with Crippen LogP contribution in [0.2, 0.25) is 0 Å². The maximum Gasteiger partial charge on any atom is 0.337 e. The van der Waals surface area contributed by atoms with Gasteiger partial charge in [-0.3, -0.25) is 0 Å². The van der Waals surface area contributed by atoms with Gasteiger partial charge in [0, 0.05) is 0 Å². The molecule has 0 fully saturated rings. The Morgan fingerprint density at radius 1 is 1.20 bits per heavy atom. The zero-order chi connectivity index (χ0) is 11.5. The minimum Gasteiger partial charge on any atom is -0.465 e. The molecule has 15 heavy (non-hydrogen) atoms. The minimum atomic E-state index is -3.53. The number of esters is 1. The zero-order valence-corrected chi connectivity index (χ0v) is 9.08. The van der Waals surface area contributed by atoms with E-state index in [1.807, 2.05) is 0 Å². The average Bonchev–Trinajstić information content (AvgIpc) is 2.15. The summed E-state index contributed by atoms with van der Waals surface area (Å²) in [4.78, 5) is 11.0. The molecular weight excluding hydrogens is 220 g/mol. The molecule has 1 aromatic rings. The summed E-state index contributed by atoms with van der Waals surface area (Å²) in [6.45, 7) is 0. The van der Waals surface area contributed by atoms with E-state index in [1.54, 1.807) is 0 Å². The number of methoxy groups -OCH3 is 1. The highest BCUT2D eigenvalue weighted by atomic mass is 32.2. The van der Waals surface area contributed by atoms with Gasteiger partial charge in [0.15, 0.2) is 0 Å². The Kier molecular flexibility index (Phi) is 3.31. The van der Waals surface area contributed by atoms with Crippen molar-refractivity contribution in [2.24, 2.45) is 0 Å². The minimum absolute atomic E-state index is 0.158. The van der Waals surface area contributed by atoms with Crippen LogP contribution in [0.3, 0.4) is 0 Å². The summed E-state index contributed by atoms with van der Waals surface area (Å²) in [5.41, 5.74) is 0.332. The quantitative estimate of drug-likeness (QED) is 0.567. The van der Waals surface area contributed by atoms with Crippen molar-refractivity contribution in [3.05, 3.63) is 29.8 Å². The van der Waals surface area contributed by atoms with Gasteiger partial charge in [-0.15, -0.1) is 0 Å². The lowest BCUT2D eigenvalue weighted by Gasteiger charge is -2.03. The maximum absolute atomic E-state index is 11.0. The normalized spacial score (nSPS) is 10.8. The van der Waals surface area contributed by atoms with Crippen LogP contribution in [0.1, 0.15) is 10.4 Å². The Labute approximate surface area is 87.7 Å². The summed E-state index contributed by atoms with van der Waals surface area (Å²) < 4.78 is 30.6. The van der Waals surface area contributed by atoms with Gasteiger partial charge in [-0.05, 0) is 24.3 Å². The third-order valence-corrected chi connectivity index (χ3v) is 2.02. The Hall–Kier alpha value is -1.56. The van der Waals surface area contributed by atoms with Crippen LogP contribution < -0.4 is 4.18 Å². The van der Waals surface area contributed by atoms with Crippen molar-refractivity contribution in [1.29, 1.82) is 0 Å². The van der Waals surface area contributed by atoms with Crippen LogP contribution in [0.25, 0.3) is 0 Å². The Morgan fingerprint density at radius 2 is 1.73 bits per heavy atom. The number of carbonyl (C=O) groups excluding carboxylic acids is 1. The first-order chi connectivity index (χ1) is 6.92. The van der Waals surface area contributed by atoms with Crippen molar-refractivity contribution >= 4 is 16.1 Å². The van der Waals surface area contributed by atoms with Crippen molar-refractivity contribution in [3.8, 4) is 5.75 Å². The molecule has 1 rings (SSSR count). The molecule has 0 saturated carbocycles. The maximum atomic E-state index is 11.0. The van der Waals surface area contributed by atoms with E-state index in [2.05, 4.69) is 8.92 Å². The Bertz CT molecular complexity index is 446. The predicted molar refractivity (Wildman–Crippen MR) is 53.3 cm³/mol. The highest BCUT2D eigenvalue weighted by Crippen LogP contribution is 2.14. The summed E-state index contributed by atoms with van der Waals surface area (Å²) in [5.74, 6) is -0.328. The first kappa shape index (κ1) is 11.5. The molecule has 0 atom stereocenters. The molecule has 82 valence electrons. The molecule has 0 aliphatic carbocycles. The molecule has 0 bridgehead atoms. The van der Waals surface area contributed by atoms with Gasteiger partial charge in [0.1, 0.15) is 5.75 Å². The third-order valence-electron chi connectivity index (χ3n) is 1.52. The van der Waals surface area contributed by atoms with Gasteiger partial charge in [0.05, 0.1) is 18.9 Å². The summed E-state index contributed by atoms with van der Waals surface area (Å²) in [6.07, 6.45) is 0.946. The second kappa shape index (κ2) is 4.31. The lowest BCUT2D eigenvalue weighted by molar-refractivity contribution is 0.0600. The Balaban J connectivity index is 2.86. The SMILES string of the molecule is COC(=O)c1ccc(OS(C)(=O)=O)cc1. The fraction of sp³-hybridized carbons (Fsp3) is 0.222. The molecule has 6 heteroatoms. The van der Waals surface area contributed by atoms with Crippen molar-refractivity contribution < 1.29 is 22.1 Å². The number of carbonyl (C=O) groups is 1. The fourth-order valence-corrected chi connectivity index (χ4v) is 1.40. The van der Waals surface area contributed by atoms with E-state index >= 15 is 0 Å². The van der Waals surface area contributed by atoms with Crippen LogP contribution in [0.5, 0.6) is 5.75 Å². The number of hydrogen-bond acceptors (Lipinski definition) is 5. The molecule has 0 radical (unpaired) electrons. The van der Waals surface area contributed by atoms with Crippen molar-refractivity contribution in [2.75, 3.05) is 13.4 Å². The number of ether oxygens (including phenoxy) is 1. The molecule has 1 aromatic carbocycles. The second-order valence-electron chi connectivity index (χ2n) is 2.80. The fourth-order valence-electron chi connectivity index (χ4n) is 0.939. The molecule has 0 amide bonds.